The highest BCUT2D eigenvalue weighted by Gasteiger charge is 2.33. The zero-order chi connectivity index (χ0) is 24.5. The number of alkyl halides is 3. The van der Waals surface area contributed by atoms with Crippen molar-refractivity contribution in [2.45, 2.75) is 18.3 Å². The number of rotatable bonds is 6. The van der Waals surface area contributed by atoms with E-state index in [1.54, 1.807) is 0 Å². The van der Waals surface area contributed by atoms with Crippen molar-refractivity contribution < 1.29 is 37.3 Å². The molecular weight excluding hydrogens is 475 g/mol. The summed E-state index contributed by atoms with van der Waals surface area (Å²) < 4.78 is 46.9. The van der Waals surface area contributed by atoms with Crippen molar-refractivity contribution in [3.63, 3.8) is 0 Å². The number of carbonyl (C=O) groups is 2. The maximum Gasteiger partial charge on any atom is 0.573 e. The number of alkyl carbamates (subject to hydrolysis) is 1. The van der Waals surface area contributed by atoms with Crippen LogP contribution in [0.3, 0.4) is 0 Å². The molecule has 1 unspecified atom stereocenters. The fraction of sp³-hybridized carbons (Fsp3) is 0.167. The summed E-state index contributed by atoms with van der Waals surface area (Å²) in [7, 11) is 0. The number of carboxylic acid groups (broad SMARTS) is 1. The Morgan fingerprint density at radius 1 is 1.00 bits per heavy atom. The van der Waals surface area contributed by atoms with E-state index in [1.807, 2.05) is 48.5 Å². The fourth-order valence-corrected chi connectivity index (χ4v) is 4.10. The third-order valence-electron chi connectivity index (χ3n) is 5.37. The van der Waals surface area contributed by atoms with Gasteiger partial charge in [0, 0.05) is 5.92 Å². The molecule has 0 saturated heterocycles. The van der Waals surface area contributed by atoms with Gasteiger partial charge in [-0.3, -0.25) is 0 Å². The topological polar surface area (TPSA) is 84.9 Å². The first-order chi connectivity index (χ1) is 16.1. The highest BCUT2D eigenvalue weighted by molar-refractivity contribution is 6.32. The summed E-state index contributed by atoms with van der Waals surface area (Å²) >= 11 is 5.71. The summed E-state index contributed by atoms with van der Waals surface area (Å²) in [5.41, 5.74) is 3.81. The van der Waals surface area contributed by atoms with Crippen LogP contribution in [0.15, 0.2) is 66.7 Å². The third kappa shape index (κ3) is 4.94. The molecule has 0 heterocycles. The van der Waals surface area contributed by atoms with Gasteiger partial charge < -0.3 is 19.9 Å². The Kier molecular flexibility index (Phi) is 6.39. The van der Waals surface area contributed by atoms with Crippen LogP contribution in [0.25, 0.3) is 11.1 Å². The number of fused-ring (bicyclic) bond motifs is 3. The van der Waals surface area contributed by atoms with Gasteiger partial charge in [0.2, 0.25) is 0 Å². The number of benzene rings is 3. The number of carboxylic acids is 1. The standard InChI is InChI=1S/C24H17ClF3NO5/c25-19-10-9-13(11-20(19)34-24(26,27)28)21(22(30)31)29-23(32)33-12-18-16-7-3-1-5-14(16)15-6-2-4-8-17(15)18/h1-11,18,21H,12H2,(H,29,32)(H,30,31). The molecule has 2 N–H and O–H groups in total. The van der Waals surface area contributed by atoms with Crippen LogP contribution in [0.5, 0.6) is 5.75 Å². The molecule has 0 spiro atoms. The van der Waals surface area contributed by atoms with Gasteiger partial charge in [-0.25, -0.2) is 9.59 Å². The second-order valence-electron chi connectivity index (χ2n) is 7.48. The van der Waals surface area contributed by atoms with Gasteiger partial charge >= 0.3 is 18.4 Å². The molecule has 4 rings (SSSR count). The van der Waals surface area contributed by atoms with E-state index in [2.05, 4.69) is 10.1 Å². The minimum absolute atomic E-state index is 0.0603. The van der Waals surface area contributed by atoms with E-state index in [9.17, 15) is 27.9 Å². The number of aliphatic carboxylic acids is 1. The van der Waals surface area contributed by atoms with Crippen LogP contribution in [0, 0.1) is 0 Å². The Labute approximate surface area is 196 Å². The first kappa shape index (κ1) is 23.4. The smallest absolute Gasteiger partial charge is 0.479 e. The van der Waals surface area contributed by atoms with Crippen molar-refractivity contribution in [2.24, 2.45) is 0 Å². The zero-order valence-corrected chi connectivity index (χ0v) is 18.1. The van der Waals surface area contributed by atoms with E-state index < -0.39 is 30.2 Å². The molecule has 0 aliphatic heterocycles. The first-order valence-electron chi connectivity index (χ1n) is 10.0. The van der Waals surface area contributed by atoms with Gasteiger partial charge in [-0.1, -0.05) is 66.2 Å². The van der Waals surface area contributed by atoms with Crippen LogP contribution in [0.1, 0.15) is 28.7 Å². The van der Waals surface area contributed by atoms with Crippen LogP contribution < -0.4 is 10.1 Å². The minimum atomic E-state index is -5.03. The van der Waals surface area contributed by atoms with E-state index in [0.29, 0.717) is 0 Å². The lowest BCUT2D eigenvalue weighted by molar-refractivity contribution is -0.274. The van der Waals surface area contributed by atoms with E-state index in [1.165, 1.54) is 6.07 Å². The van der Waals surface area contributed by atoms with Crippen molar-refractivity contribution in [3.05, 3.63) is 88.4 Å². The van der Waals surface area contributed by atoms with Gasteiger partial charge in [0.15, 0.2) is 6.04 Å². The van der Waals surface area contributed by atoms with Gasteiger partial charge in [-0.15, -0.1) is 13.2 Å². The SMILES string of the molecule is O=C(NC(C(=O)O)c1ccc(Cl)c(OC(F)(F)F)c1)OCC1c2ccccc2-c2ccccc21. The average Bonchev–Trinajstić information content (AvgIpc) is 3.10. The number of carbonyl (C=O) groups excluding carboxylic acids is 1. The maximum atomic E-state index is 12.6. The van der Waals surface area contributed by atoms with Gasteiger partial charge in [0.05, 0.1) is 5.02 Å². The van der Waals surface area contributed by atoms with Crippen molar-refractivity contribution in [2.75, 3.05) is 6.61 Å². The molecule has 1 aliphatic carbocycles. The van der Waals surface area contributed by atoms with E-state index in [0.717, 1.165) is 34.4 Å². The second kappa shape index (κ2) is 9.26. The lowest BCUT2D eigenvalue weighted by Gasteiger charge is -2.19. The van der Waals surface area contributed by atoms with Crippen LogP contribution in [0.2, 0.25) is 5.02 Å². The fourth-order valence-electron chi connectivity index (χ4n) is 3.95. The number of hydrogen-bond donors (Lipinski definition) is 2. The Morgan fingerprint density at radius 2 is 1.59 bits per heavy atom. The molecule has 6 nitrogen and oxygen atoms in total. The molecule has 3 aromatic carbocycles. The van der Waals surface area contributed by atoms with Crippen molar-refractivity contribution in [1.82, 2.24) is 5.32 Å². The van der Waals surface area contributed by atoms with Gasteiger partial charge in [-0.2, -0.15) is 0 Å². The Bertz CT molecular complexity index is 1200. The largest absolute Gasteiger partial charge is 0.573 e. The lowest BCUT2D eigenvalue weighted by Crippen LogP contribution is -2.35. The Hall–Kier alpha value is -3.72. The number of amides is 1. The van der Waals surface area contributed by atoms with E-state index in [-0.39, 0.29) is 23.1 Å². The van der Waals surface area contributed by atoms with Crippen LogP contribution >= 0.6 is 11.6 Å². The van der Waals surface area contributed by atoms with Crippen molar-refractivity contribution >= 4 is 23.7 Å². The maximum absolute atomic E-state index is 12.6. The van der Waals surface area contributed by atoms with Crippen molar-refractivity contribution in [1.29, 1.82) is 0 Å². The molecule has 10 heteroatoms. The monoisotopic (exact) mass is 491 g/mol. The molecule has 0 aromatic heterocycles. The molecule has 3 aromatic rings. The molecule has 34 heavy (non-hydrogen) atoms. The first-order valence-corrected chi connectivity index (χ1v) is 10.4. The zero-order valence-electron chi connectivity index (χ0n) is 17.3. The molecular formula is C24H17ClF3NO5. The average molecular weight is 492 g/mol. The van der Waals surface area contributed by atoms with E-state index >= 15 is 0 Å². The molecule has 1 atom stereocenters. The number of halogens is 4. The Balaban J connectivity index is 1.49. The highest BCUT2D eigenvalue weighted by atomic mass is 35.5. The predicted molar refractivity (Wildman–Crippen MR) is 117 cm³/mol. The summed E-state index contributed by atoms with van der Waals surface area (Å²) in [4.78, 5) is 24.2. The van der Waals surface area contributed by atoms with Crippen LogP contribution in [-0.4, -0.2) is 30.1 Å². The molecule has 1 aliphatic rings. The highest BCUT2D eigenvalue weighted by Crippen LogP contribution is 2.44. The quantitative estimate of drug-likeness (QED) is 0.448. The molecule has 0 bridgehead atoms. The summed E-state index contributed by atoms with van der Waals surface area (Å²) in [5, 5.41) is 11.3. The second-order valence-corrected chi connectivity index (χ2v) is 7.89. The molecule has 0 radical (unpaired) electrons. The van der Waals surface area contributed by atoms with Crippen LogP contribution in [0.4, 0.5) is 18.0 Å². The third-order valence-corrected chi connectivity index (χ3v) is 5.68. The lowest BCUT2D eigenvalue weighted by atomic mass is 9.98. The number of hydrogen-bond acceptors (Lipinski definition) is 4. The summed E-state index contributed by atoms with van der Waals surface area (Å²) in [6.07, 6.45) is -6.07. The number of ether oxygens (including phenoxy) is 2. The normalized spacial score (nSPS) is 13.5. The molecule has 0 saturated carbocycles. The van der Waals surface area contributed by atoms with Gasteiger partial charge in [-0.05, 0) is 39.9 Å². The summed E-state index contributed by atoms with van der Waals surface area (Å²) in [6, 6.07) is 16.7. The molecule has 1 amide bonds. The molecule has 0 fully saturated rings. The predicted octanol–water partition coefficient (Wildman–Crippen LogP) is 5.90. The van der Waals surface area contributed by atoms with E-state index in [4.69, 9.17) is 16.3 Å². The minimum Gasteiger partial charge on any atom is -0.479 e. The van der Waals surface area contributed by atoms with Crippen molar-refractivity contribution in [3.8, 4) is 16.9 Å². The number of nitrogens with one attached hydrogen (secondary N) is 1. The Morgan fingerprint density at radius 3 is 2.15 bits per heavy atom. The van der Waals surface area contributed by atoms with Gasteiger partial charge in [0.25, 0.3) is 0 Å². The molecule has 176 valence electrons. The summed E-state index contributed by atoms with van der Waals surface area (Å²) in [5.74, 6) is -2.54. The van der Waals surface area contributed by atoms with Gasteiger partial charge in [0.1, 0.15) is 12.4 Å². The summed E-state index contributed by atoms with van der Waals surface area (Å²) in [6.45, 7) is -0.0603. The van der Waals surface area contributed by atoms with Crippen LogP contribution in [-0.2, 0) is 9.53 Å².